The molecule has 1 atom stereocenters. The molecule has 1 fully saturated rings. The van der Waals surface area contributed by atoms with E-state index in [9.17, 15) is 14.4 Å². The van der Waals surface area contributed by atoms with E-state index in [2.05, 4.69) is 10.9 Å². The minimum atomic E-state index is -0.541. The molecule has 148 valence electrons. The standard InChI is InChI=1S/C22H21N3O4/c1-13-7-9-16(10-8-13)25-12-15(11-19(25)26)21(27)23-24-22(28)20-14(2)17-5-3-4-6-18(17)29-20/h3-10,15H,11-12H2,1-2H3,(H,23,27)(H,24,28). The number of carbonyl (C=O) groups excluding carboxylic acids is 3. The van der Waals surface area contributed by atoms with Crippen LogP contribution in [0.25, 0.3) is 11.0 Å². The van der Waals surface area contributed by atoms with Gasteiger partial charge >= 0.3 is 5.91 Å². The van der Waals surface area contributed by atoms with Gasteiger partial charge < -0.3 is 9.32 Å². The molecule has 3 amide bonds. The minimum absolute atomic E-state index is 0.0965. The Morgan fingerprint density at radius 2 is 1.76 bits per heavy atom. The van der Waals surface area contributed by atoms with E-state index in [1.54, 1.807) is 17.9 Å². The topological polar surface area (TPSA) is 91.7 Å². The van der Waals surface area contributed by atoms with Crippen molar-refractivity contribution in [1.82, 2.24) is 10.9 Å². The molecule has 29 heavy (non-hydrogen) atoms. The Hall–Kier alpha value is -3.61. The fourth-order valence-electron chi connectivity index (χ4n) is 3.53. The number of benzene rings is 2. The van der Waals surface area contributed by atoms with Crippen LogP contribution in [0.3, 0.4) is 0 Å². The molecule has 3 aromatic rings. The van der Waals surface area contributed by atoms with Crippen LogP contribution in [0.5, 0.6) is 0 Å². The second-order valence-corrected chi connectivity index (χ2v) is 7.24. The molecule has 0 aliphatic carbocycles. The van der Waals surface area contributed by atoms with Gasteiger partial charge in [0.1, 0.15) is 5.58 Å². The number of nitrogens with one attached hydrogen (secondary N) is 2. The number of hydrogen-bond acceptors (Lipinski definition) is 4. The number of aryl methyl sites for hydroxylation is 2. The highest BCUT2D eigenvalue weighted by Gasteiger charge is 2.35. The number of hydrazine groups is 1. The van der Waals surface area contributed by atoms with Crippen molar-refractivity contribution in [3.63, 3.8) is 0 Å². The van der Waals surface area contributed by atoms with Crippen LogP contribution in [0.2, 0.25) is 0 Å². The lowest BCUT2D eigenvalue weighted by atomic mass is 10.1. The van der Waals surface area contributed by atoms with Crippen molar-refractivity contribution in [2.75, 3.05) is 11.4 Å². The lowest BCUT2D eigenvalue weighted by Gasteiger charge is -2.17. The van der Waals surface area contributed by atoms with E-state index in [1.165, 1.54) is 0 Å². The van der Waals surface area contributed by atoms with Gasteiger partial charge in [0, 0.05) is 29.6 Å². The Bertz CT molecular complexity index is 1100. The van der Waals surface area contributed by atoms with Gasteiger partial charge in [0.2, 0.25) is 11.8 Å². The normalized spacial score (nSPS) is 16.3. The molecule has 2 N–H and O–H groups in total. The molecule has 0 spiro atoms. The van der Waals surface area contributed by atoms with Gasteiger partial charge in [0.15, 0.2) is 5.76 Å². The van der Waals surface area contributed by atoms with Gasteiger partial charge in [-0.2, -0.15) is 0 Å². The summed E-state index contributed by atoms with van der Waals surface area (Å²) in [5.74, 6) is -1.45. The van der Waals surface area contributed by atoms with Crippen molar-refractivity contribution >= 4 is 34.4 Å². The first-order valence-corrected chi connectivity index (χ1v) is 9.39. The molecule has 2 aromatic carbocycles. The quantitative estimate of drug-likeness (QED) is 0.672. The molecule has 1 aliphatic heterocycles. The van der Waals surface area contributed by atoms with Crippen LogP contribution in [0.15, 0.2) is 52.9 Å². The number of para-hydroxylation sites is 1. The Morgan fingerprint density at radius 3 is 2.48 bits per heavy atom. The molecule has 0 bridgehead atoms. The van der Waals surface area contributed by atoms with E-state index >= 15 is 0 Å². The van der Waals surface area contributed by atoms with Gasteiger partial charge in [-0.3, -0.25) is 25.2 Å². The molecule has 0 saturated carbocycles. The summed E-state index contributed by atoms with van der Waals surface area (Å²) in [5.41, 5.74) is 7.98. The fourth-order valence-corrected chi connectivity index (χ4v) is 3.53. The highest BCUT2D eigenvalue weighted by molar-refractivity contribution is 6.02. The average Bonchev–Trinajstić information content (AvgIpc) is 3.27. The lowest BCUT2D eigenvalue weighted by Crippen LogP contribution is -2.45. The number of furan rings is 1. The van der Waals surface area contributed by atoms with E-state index in [-0.39, 0.29) is 24.6 Å². The fraction of sp³-hybridized carbons (Fsp3) is 0.227. The van der Waals surface area contributed by atoms with Crippen molar-refractivity contribution in [1.29, 1.82) is 0 Å². The zero-order valence-electron chi connectivity index (χ0n) is 16.2. The van der Waals surface area contributed by atoms with E-state index < -0.39 is 17.7 Å². The van der Waals surface area contributed by atoms with Crippen LogP contribution < -0.4 is 15.8 Å². The highest BCUT2D eigenvalue weighted by atomic mass is 16.3. The van der Waals surface area contributed by atoms with Crippen molar-refractivity contribution in [2.24, 2.45) is 5.92 Å². The summed E-state index contributed by atoms with van der Waals surface area (Å²) in [5, 5.41) is 0.846. The van der Waals surface area contributed by atoms with Crippen LogP contribution in [-0.4, -0.2) is 24.3 Å². The molecular weight excluding hydrogens is 370 g/mol. The summed E-state index contributed by atoms with van der Waals surface area (Å²) >= 11 is 0. The summed E-state index contributed by atoms with van der Waals surface area (Å²) in [6.45, 7) is 4.03. The van der Waals surface area contributed by atoms with Gasteiger partial charge in [-0.05, 0) is 32.0 Å². The first kappa shape index (κ1) is 18.7. The van der Waals surface area contributed by atoms with Gasteiger partial charge in [0.25, 0.3) is 0 Å². The third kappa shape index (κ3) is 3.59. The van der Waals surface area contributed by atoms with E-state index in [1.807, 2.05) is 49.4 Å². The summed E-state index contributed by atoms with van der Waals surface area (Å²) in [7, 11) is 0. The number of amides is 3. The van der Waals surface area contributed by atoms with Crippen LogP contribution in [0, 0.1) is 19.8 Å². The molecule has 2 heterocycles. The summed E-state index contributed by atoms with van der Waals surface area (Å²) in [6.07, 6.45) is 0.0965. The Morgan fingerprint density at radius 1 is 1.03 bits per heavy atom. The number of fused-ring (bicyclic) bond motifs is 1. The summed E-state index contributed by atoms with van der Waals surface area (Å²) < 4.78 is 5.59. The summed E-state index contributed by atoms with van der Waals surface area (Å²) in [6, 6.07) is 14.9. The molecule has 4 rings (SSSR count). The Balaban J connectivity index is 1.39. The zero-order chi connectivity index (χ0) is 20.5. The maximum absolute atomic E-state index is 12.5. The first-order chi connectivity index (χ1) is 13.9. The summed E-state index contributed by atoms with van der Waals surface area (Å²) in [4.78, 5) is 38.8. The SMILES string of the molecule is Cc1ccc(N2CC(C(=O)NNC(=O)c3oc4ccccc4c3C)CC2=O)cc1. The van der Waals surface area contributed by atoms with Crippen molar-refractivity contribution < 1.29 is 18.8 Å². The van der Waals surface area contributed by atoms with Gasteiger partial charge in [-0.25, -0.2) is 0 Å². The predicted molar refractivity (Wildman–Crippen MR) is 108 cm³/mol. The van der Waals surface area contributed by atoms with E-state index in [0.29, 0.717) is 11.1 Å². The smallest absolute Gasteiger partial charge is 0.305 e. The predicted octanol–water partition coefficient (Wildman–Crippen LogP) is 2.86. The maximum atomic E-state index is 12.5. The van der Waals surface area contributed by atoms with Crippen molar-refractivity contribution in [3.05, 3.63) is 65.4 Å². The Labute approximate surface area is 167 Å². The zero-order valence-corrected chi connectivity index (χ0v) is 16.2. The number of rotatable bonds is 3. The molecular formula is C22H21N3O4. The second-order valence-electron chi connectivity index (χ2n) is 7.24. The third-order valence-electron chi connectivity index (χ3n) is 5.19. The van der Waals surface area contributed by atoms with Gasteiger partial charge in [-0.15, -0.1) is 0 Å². The van der Waals surface area contributed by atoms with Crippen molar-refractivity contribution in [3.8, 4) is 0 Å². The molecule has 1 saturated heterocycles. The largest absolute Gasteiger partial charge is 0.451 e. The van der Waals surface area contributed by atoms with Gasteiger partial charge in [-0.1, -0.05) is 35.9 Å². The van der Waals surface area contributed by atoms with Crippen LogP contribution in [0.4, 0.5) is 5.69 Å². The van der Waals surface area contributed by atoms with Crippen molar-refractivity contribution in [2.45, 2.75) is 20.3 Å². The average molecular weight is 391 g/mol. The second kappa shape index (κ2) is 7.43. The number of carbonyl (C=O) groups is 3. The first-order valence-electron chi connectivity index (χ1n) is 9.39. The van der Waals surface area contributed by atoms with Crippen LogP contribution >= 0.6 is 0 Å². The molecule has 7 nitrogen and oxygen atoms in total. The van der Waals surface area contributed by atoms with E-state index in [4.69, 9.17) is 4.42 Å². The molecule has 0 radical (unpaired) electrons. The van der Waals surface area contributed by atoms with Crippen LogP contribution in [0.1, 0.15) is 28.1 Å². The molecule has 1 aliphatic rings. The number of nitrogens with zero attached hydrogens (tertiary/aromatic N) is 1. The molecule has 7 heteroatoms. The molecule has 1 aromatic heterocycles. The number of hydrogen-bond donors (Lipinski definition) is 2. The third-order valence-corrected chi connectivity index (χ3v) is 5.19. The lowest BCUT2D eigenvalue weighted by molar-refractivity contribution is -0.126. The number of anilines is 1. The molecule has 1 unspecified atom stereocenters. The van der Waals surface area contributed by atoms with Crippen LogP contribution in [-0.2, 0) is 9.59 Å². The highest BCUT2D eigenvalue weighted by Crippen LogP contribution is 2.26. The Kier molecular flexibility index (Phi) is 4.80. The monoisotopic (exact) mass is 391 g/mol. The minimum Gasteiger partial charge on any atom is -0.451 e. The van der Waals surface area contributed by atoms with E-state index in [0.717, 1.165) is 16.6 Å². The maximum Gasteiger partial charge on any atom is 0.305 e. The van der Waals surface area contributed by atoms with Gasteiger partial charge in [0.05, 0.1) is 5.92 Å².